The molecule has 0 saturated heterocycles. The molecular formula is C7H5ClCuO2. The topological polar surface area (TPSA) is 37.3 Å². The molecule has 0 saturated carbocycles. The predicted molar refractivity (Wildman–Crippen MR) is 38.4 cm³/mol. The first-order valence-electron chi connectivity index (χ1n) is 2.69. The van der Waals surface area contributed by atoms with Crippen LogP contribution < -0.4 is 0 Å². The summed E-state index contributed by atoms with van der Waals surface area (Å²) in [7, 11) is 0. The maximum Gasteiger partial charge on any atom is 0.335 e. The van der Waals surface area contributed by atoms with Crippen molar-refractivity contribution in [1.82, 2.24) is 0 Å². The van der Waals surface area contributed by atoms with E-state index in [-0.39, 0.29) is 22.6 Å². The third-order valence-corrected chi connectivity index (χ3v) is 1.34. The molecule has 0 heterocycles. The van der Waals surface area contributed by atoms with Crippen LogP contribution in [0.3, 0.4) is 0 Å². The van der Waals surface area contributed by atoms with Gasteiger partial charge >= 0.3 is 5.97 Å². The third kappa shape index (κ3) is 2.93. The van der Waals surface area contributed by atoms with Gasteiger partial charge in [-0.2, -0.15) is 0 Å². The van der Waals surface area contributed by atoms with E-state index in [0.717, 1.165) is 0 Å². The van der Waals surface area contributed by atoms with Crippen molar-refractivity contribution in [3.63, 3.8) is 0 Å². The van der Waals surface area contributed by atoms with Crippen LogP contribution in [0.15, 0.2) is 24.3 Å². The first-order chi connectivity index (χ1) is 4.70. The Hall–Kier alpha value is -0.501. The molecule has 1 aromatic carbocycles. The van der Waals surface area contributed by atoms with Crippen LogP contribution in [0.5, 0.6) is 0 Å². The molecule has 0 atom stereocenters. The Kier molecular flexibility index (Phi) is 4.19. The van der Waals surface area contributed by atoms with Crippen molar-refractivity contribution in [2.75, 3.05) is 0 Å². The second-order valence-electron chi connectivity index (χ2n) is 1.81. The van der Waals surface area contributed by atoms with E-state index in [4.69, 9.17) is 16.7 Å². The van der Waals surface area contributed by atoms with Gasteiger partial charge in [0.2, 0.25) is 0 Å². The minimum absolute atomic E-state index is 0. The maximum absolute atomic E-state index is 10.3. The van der Waals surface area contributed by atoms with E-state index in [2.05, 4.69) is 0 Å². The molecule has 2 nitrogen and oxygen atoms in total. The zero-order valence-corrected chi connectivity index (χ0v) is 7.04. The minimum Gasteiger partial charge on any atom is -0.478 e. The fourth-order valence-corrected chi connectivity index (χ4v) is 0.718. The maximum atomic E-state index is 10.3. The molecular weight excluding hydrogens is 215 g/mol. The third-order valence-electron chi connectivity index (χ3n) is 1.09. The van der Waals surface area contributed by atoms with E-state index in [1.54, 1.807) is 12.1 Å². The normalized spacial score (nSPS) is 8.45. The molecule has 1 rings (SSSR count). The smallest absolute Gasteiger partial charge is 0.335 e. The van der Waals surface area contributed by atoms with E-state index >= 15 is 0 Å². The minimum atomic E-state index is -0.934. The van der Waals surface area contributed by atoms with Gasteiger partial charge in [0, 0.05) is 22.1 Å². The van der Waals surface area contributed by atoms with Gasteiger partial charge in [0.25, 0.3) is 0 Å². The summed E-state index contributed by atoms with van der Waals surface area (Å²) in [5.41, 5.74) is 0.254. The fraction of sp³-hybridized carbons (Fsp3) is 0. The Morgan fingerprint density at radius 2 is 1.73 bits per heavy atom. The molecule has 0 aromatic heterocycles. The van der Waals surface area contributed by atoms with Crippen molar-refractivity contribution in [3.8, 4) is 0 Å². The van der Waals surface area contributed by atoms with Gasteiger partial charge in [-0.15, -0.1) is 0 Å². The van der Waals surface area contributed by atoms with Crippen LogP contribution >= 0.6 is 11.6 Å². The summed E-state index contributed by atoms with van der Waals surface area (Å²) >= 11 is 5.52. The van der Waals surface area contributed by atoms with Gasteiger partial charge in [-0.3, -0.25) is 0 Å². The van der Waals surface area contributed by atoms with E-state index in [1.165, 1.54) is 12.1 Å². The zero-order valence-electron chi connectivity index (χ0n) is 5.34. The molecule has 0 fully saturated rings. The SMILES string of the molecule is O=C(O)c1ccc(Cl)cc1.[Cu]. The van der Waals surface area contributed by atoms with Crippen LogP contribution in [0.25, 0.3) is 0 Å². The summed E-state index contributed by atoms with van der Waals surface area (Å²) in [5, 5.41) is 8.98. The van der Waals surface area contributed by atoms with Crippen LogP contribution in [-0.2, 0) is 17.1 Å². The van der Waals surface area contributed by atoms with Crippen molar-refractivity contribution in [2.45, 2.75) is 0 Å². The second-order valence-corrected chi connectivity index (χ2v) is 2.25. The Bertz CT molecular complexity index is 245. The number of carboxylic acid groups (broad SMARTS) is 1. The monoisotopic (exact) mass is 219 g/mol. The van der Waals surface area contributed by atoms with Crippen molar-refractivity contribution >= 4 is 17.6 Å². The number of carboxylic acids is 1. The van der Waals surface area contributed by atoms with Crippen LogP contribution in [0.1, 0.15) is 10.4 Å². The van der Waals surface area contributed by atoms with E-state index < -0.39 is 5.97 Å². The Labute approximate surface area is 79.7 Å². The predicted octanol–water partition coefficient (Wildman–Crippen LogP) is 2.04. The van der Waals surface area contributed by atoms with E-state index in [1.807, 2.05) is 0 Å². The van der Waals surface area contributed by atoms with E-state index in [9.17, 15) is 4.79 Å². The first-order valence-corrected chi connectivity index (χ1v) is 3.07. The van der Waals surface area contributed by atoms with Crippen LogP contribution in [0.2, 0.25) is 5.02 Å². The largest absolute Gasteiger partial charge is 0.478 e. The molecule has 63 valence electrons. The number of rotatable bonds is 1. The second kappa shape index (κ2) is 4.39. The standard InChI is InChI=1S/C7H5ClO2.Cu/c8-6-3-1-5(2-4-6)7(9)10;/h1-4H,(H,9,10);. The Morgan fingerprint density at radius 3 is 2.09 bits per heavy atom. The van der Waals surface area contributed by atoms with Crippen LogP contribution in [-0.4, -0.2) is 11.1 Å². The molecule has 0 bridgehead atoms. The molecule has 11 heavy (non-hydrogen) atoms. The van der Waals surface area contributed by atoms with Gasteiger partial charge in [-0.05, 0) is 24.3 Å². The van der Waals surface area contributed by atoms with Gasteiger partial charge < -0.3 is 5.11 Å². The molecule has 1 N–H and O–H groups in total. The number of aromatic carboxylic acids is 1. The average Bonchev–Trinajstić information content (AvgIpc) is 1.88. The number of hydrogen-bond acceptors (Lipinski definition) is 1. The summed E-state index contributed by atoms with van der Waals surface area (Å²) in [4.78, 5) is 10.3. The fourth-order valence-electron chi connectivity index (χ4n) is 0.592. The summed E-state index contributed by atoms with van der Waals surface area (Å²) in [6.45, 7) is 0. The van der Waals surface area contributed by atoms with Gasteiger partial charge in [-0.1, -0.05) is 11.6 Å². The molecule has 0 aliphatic heterocycles. The number of benzene rings is 1. The molecule has 4 heteroatoms. The average molecular weight is 220 g/mol. The molecule has 0 aliphatic rings. The first kappa shape index (κ1) is 10.5. The molecule has 0 unspecified atom stereocenters. The summed E-state index contributed by atoms with van der Waals surface area (Å²) in [5.74, 6) is -0.934. The summed E-state index contributed by atoms with van der Waals surface area (Å²) in [6.07, 6.45) is 0. The van der Waals surface area contributed by atoms with Gasteiger partial charge in [0.1, 0.15) is 0 Å². The van der Waals surface area contributed by atoms with Gasteiger partial charge in [0.05, 0.1) is 5.56 Å². The van der Waals surface area contributed by atoms with Crippen LogP contribution in [0, 0.1) is 0 Å². The van der Waals surface area contributed by atoms with Crippen LogP contribution in [0.4, 0.5) is 0 Å². The van der Waals surface area contributed by atoms with Crippen molar-refractivity contribution in [2.24, 2.45) is 0 Å². The summed E-state index contributed by atoms with van der Waals surface area (Å²) < 4.78 is 0. The summed E-state index contributed by atoms with van der Waals surface area (Å²) in [6, 6.07) is 6.02. The molecule has 1 aromatic rings. The Balaban J connectivity index is 0.000001000. The number of hydrogen-bond donors (Lipinski definition) is 1. The zero-order chi connectivity index (χ0) is 7.56. The number of carbonyl (C=O) groups is 1. The van der Waals surface area contributed by atoms with Gasteiger partial charge in [-0.25, -0.2) is 4.79 Å². The molecule has 0 amide bonds. The van der Waals surface area contributed by atoms with Crippen molar-refractivity contribution in [1.29, 1.82) is 0 Å². The van der Waals surface area contributed by atoms with Crippen molar-refractivity contribution < 1.29 is 27.0 Å². The Morgan fingerprint density at radius 1 is 1.27 bits per heavy atom. The van der Waals surface area contributed by atoms with E-state index in [0.29, 0.717) is 5.02 Å². The molecule has 0 spiro atoms. The van der Waals surface area contributed by atoms with Gasteiger partial charge in [0.15, 0.2) is 0 Å². The number of halogens is 1. The quantitative estimate of drug-likeness (QED) is 0.735. The molecule has 1 radical (unpaired) electrons. The van der Waals surface area contributed by atoms with Crippen molar-refractivity contribution in [3.05, 3.63) is 34.9 Å². The molecule has 0 aliphatic carbocycles.